The average Bonchev–Trinajstić information content (AvgIpc) is 2.66. The summed E-state index contributed by atoms with van der Waals surface area (Å²) in [6.07, 6.45) is 9.53. The molecule has 0 spiro atoms. The molecule has 0 fully saturated rings. The van der Waals surface area contributed by atoms with Crippen molar-refractivity contribution in [3.8, 4) is 0 Å². The maximum atomic E-state index is 13.4. The summed E-state index contributed by atoms with van der Waals surface area (Å²) in [4.78, 5) is 0. The number of unbranched alkanes of at least 4 members (excludes halogenated alkanes) is 4. The first-order chi connectivity index (χ1) is 12.5. The zero-order valence-electron chi connectivity index (χ0n) is 17.3. The predicted octanol–water partition coefficient (Wildman–Crippen LogP) is 6.97. The van der Waals surface area contributed by atoms with E-state index < -0.39 is 7.60 Å². The molecule has 4 heteroatoms. The molecule has 0 aliphatic rings. The first kappa shape index (κ1) is 23.4. The van der Waals surface area contributed by atoms with E-state index in [2.05, 4.69) is 27.7 Å². The molecule has 0 saturated heterocycles. The molecule has 0 saturated carbocycles. The molecule has 2 unspecified atom stereocenters. The Morgan fingerprint density at radius 1 is 0.808 bits per heavy atom. The van der Waals surface area contributed by atoms with E-state index in [1.807, 2.05) is 30.3 Å². The van der Waals surface area contributed by atoms with Crippen molar-refractivity contribution >= 4 is 12.9 Å². The molecule has 0 amide bonds. The van der Waals surface area contributed by atoms with Crippen molar-refractivity contribution in [2.24, 2.45) is 11.8 Å². The van der Waals surface area contributed by atoms with Crippen LogP contribution in [0.1, 0.15) is 79.1 Å². The second kappa shape index (κ2) is 13.5. The molecule has 1 aromatic carbocycles. The van der Waals surface area contributed by atoms with Crippen LogP contribution in [-0.2, 0) is 13.6 Å². The summed E-state index contributed by atoms with van der Waals surface area (Å²) in [5, 5.41) is 0.668. The molecule has 0 heterocycles. The first-order valence-electron chi connectivity index (χ1n) is 10.5. The topological polar surface area (TPSA) is 35.5 Å². The molecule has 2 atom stereocenters. The Bertz CT molecular complexity index is 479. The second-order valence-corrected chi connectivity index (χ2v) is 9.65. The van der Waals surface area contributed by atoms with Crippen molar-refractivity contribution in [1.29, 1.82) is 0 Å². The third-order valence-corrected chi connectivity index (χ3v) is 6.64. The van der Waals surface area contributed by atoms with Gasteiger partial charge in [0.25, 0.3) is 0 Å². The number of hydrogen-bond donors (Lipinski definition) is 0. The van der Waals surface area contributed by atoms with E-state index in [1.165, 1.54) is 38.5 Å². The summed E-state index contributed by atoms with van der Waals surface area (Å²) in [7, 11) is -3.26. The summed E-state index contributed by atoms with van der Waals surface area (Å²) in [5.41, 5.74) is 0. The molecule has 3 nitrogen and oxygen atoms in total. The van der Waals surface area contributed by atoms with E-state index in [0.29, 0.717) is 30.4 Å². The smallest absolute Gasteiger partial charge is 0.305 e. The van der Waals surface area contributed by atoms with Crippen LogP contribution in [0.5, 0.6) is 0 Å². The summed E-state index contributed by atoms with van der Waals surface area (Å²) in [6, 6.07) is 9.41. The average molecular weight is 383 g/mol. The van der Waals surface area contributed by atoms with Gasteiger partial charge in [-0.1, -0.05) is 84.4 Å². The van der Waals surface area contributed by atoms with Crippen molar-refractivity contribution < 1.29 is 13.6 Å². The minimum atomic E-state index is -3.26. The molecular formula is C22H39O3P. The summed E-state index contributed by atoms with van der Waals surface area (Å²) in [6.45, 7) is 9.72. The molecule has 1 rings (SSSR count). The van der Waals surface area contributed by atoms with E-state index in [-0.39, 0.29) is 0 Å². The van der Waals surface area contributed by atoms with Gasteiger partial charge in [0, 0.05) is 0 Å². The Morgan fingerprint density at radius 3 is 1.69 bits per heavy atom. The number of hydrogen-bond acceptors (Lipinski definition) is 3. The van der Waals surface area contributed by atoms with Gasteiger partial charge in [0.05, 0.1) is 18.5 Å². The lowest BCUT2D eigenvalue weighted by atomic mass is 10.0. The highest BCUT2D eigenvalue weighted by atomic mass is 31.2. The molecule has 0 aromatic heterocycles. The third kappa shape index (κ3) is 9.35. The van der Waals surface area contributed by atoms with E-state index in [0.717, 1.165) is 12.8 Å². The molecule has 0 aliphatic heterocycles. The monoisotopic (exact) mass is 382 g/mol. The Labute approximate surface area is 161 Å². The molecular weight excluding hydrogens is 343 g/mol. The lowest BCUT2D eigenvalue weighted by Crippen LogP contribution is -2.16. The van der Waals surface area contributed by atoms with Gasteiger partial charge in [-0.15, -0.1) is 0 Å². The van der Waals surface area contributed by atoms with Gasteiger partial charge in [0.1, 0.15) is 0 Å². The van der Waals surface area contributed by atoms with Gasteiger partial charge in [0.15, 0.2) is 0 Å². The molecule has 0 aliphatic carbocycles. The Balaban J connectivity index is 2.61. The molecule has 26 heavy (non-hydrogen) atoms. The molecule has 0 bridgehead atoms. The van der Waals surface area contributed by atoms with Crippen LogP contribution in [0, 0.1) is 11.8 Å². The zero-order chi connectivity index (χ0) is 19.3. The van der Waals surface area contributed by atoms with Crippen molar-refractivity contribution in [1.82, 2.24) is 0 Å². The zero-order valence-corrected chi connectivity index (χ0v) is 18.2. The minimum absolute atomic E-state index is 0.393. The number of benzene rings is 1. The van der Waals surface area contributed by atoms with Crippen LogP contribution < -0.4 is 5.30 Å². The van der Waals surface area contributed by atoms with E-state index >= 15 is 0 Å². The fraction of sp³-hybridized carbons (Fsp3) is 0.727. The quantitative estimate of drug-likeness (QED) is 0.243. The van der Waals surface area contributed by atoms with Crippen LogP contribution in [-0.4, -0.2) is 13.2 Å². The van der Waals surface area contributed by atoms with Crippen LogP contribution in [0.2, 0.25) is 0 Å². The lowest BCUT2D eigenvalue weighted by Gasteiger charge is -2.23. The third-order valence-electron chi connectivity index (χ3n) is 4.73. The molecule has 1 aromatic rings. The summed E-state index contributed by atoms with van der Waals surface area (Å²) in [5.74, 6) is 0.785. The highest BCUT2D eigenvalue weighted by molar-refractivity contribution is 7.62. The highest BCUT2D eigenvalue weighted by Crippen LogP contribution is 2.48. The van der Waals surface area contributed by atoms with Crippen LogP contribution in [0.4, 0.5) is 0 Å². The Kier molecular flexibility index (Phi) is 12.2. The summed E-state index contributed by atoms with van der Waals surface area (Å²) < 4.78 is 25.3. The fourth-order valence-electron chi connectivity index (χ4n) is 2.90. The predicted molar refractivity (Wildman–Crippen MR) is 112 cm³/mol. The van der Waals surface area contributed by atoms with Gasteiger partial charge < -0.3 is 9.05 Å². The normalized spacial score (nSPS) is 16.2. The van der Waals surface area contributed by atoms with E-state index in [4.69, 9.17) is 9.05 Å². The van der Waals surface area contributed by atoms with Crippen molar-refractivity contribution in [3.05, 3.63) is 30.3 Å². The van der Waals surface area contributed by atoms with Crippen molar-refractivity contribution in [2.75, 3.05) is 13.2 Å². The van der Waals surface area contributed by atoms with Gasteiger partial charge >= 0.3 is 7.60 Å². The standard InChI is InChI=1S/C22H39O3P/c1-5-7-10-14-20(3)18-24-26(23,22-16-12-9-13-17-22)25-19-21(4)15-11-8-6-2/h9,12-13,16-17,20-21H,5-8,10-11,14-15,18-19H2,1-4H3. The number of rotatable bonds is 15. The van der Waals surface area contributed by atoms with Gasteiger partial charge in [-0.25, -0.2) is 0 Å². The maximum Gasteiger partial charge on any atom is 0.361 e. The summed E-state index contributed by atoms with van der Waals surface area (Å²) >= 11 is 0. The minimum Gasteiger partial charge on any atom is -0.305 e. The van der Waals surface area contributed by atoms with Gasteiger partial charge in [-0.05, 0) is 36.8 Å². The first-order valence-corrected chi connectivity index (χ1v) is 12.0. The van der Waals surface area contributed by atoms with Crippen LogP contribution >= 0.6 is 7.60 Å². The van der Waals surface area contributed by atoms with Crippen molar-refractivity contribution in [2.45, 2.75) is 79.1 Å². The maximum absolute atomic E-state index is 13.4. The van der Waals surface area contributed by atoms with Crippen LogP contribution in [0.3, 0.4) is 0 Å². The van der Waals surface area contributed by atoms with Gasteiger partial charge in [-0.3, -0.25) is 4.57 Å². The highest BCUT2D eigenvalue weighted by Gasteiger charge is 2.28. The largest absolute Gasteiger partial charge is 0.361 e. The molecule has 150 valence electrons. The molecule has 0 radical (unpaired) electrons. The Morgan fingerprint density at radius 2 is 1.27 bits per heavy atom. The van der Waals surface area contributed by atoms with Crippen molar-refractivity contribution in [3.63, 3.8) is 0 Å². The lowest BCUT2D eigenvalue weighted by molar-refractivity contribution is 0.168. The molecule has 0 N–H and O–H groups in total. The van der Waals surface area contributed by atoms with E-state index in [1.54, 1.807) is 0 Å². The second-order valence-electron chi connectivity index (χ2n) is 7.63. The van der Waals surface area contributed by atoms with Gasteiger partial charge in [-0.2, -0.15) is 0 Å². The Hall–Kier alpha value is -0.630. The fourth-order valence-corrected chi connectivity index (χ4v) is 4.71. The van der Waals surface area contributed by atoms with Gasteiger partial charge in [0.2, 0.25) is 0 Å². The van der Waals surface area contributed by atoms with Crippen LogP contribution in [0.15, 0.2) is 30.3 Å². The van der Waals surface area contributed by atoms with Crippen LogP contribution in [0.25, 0.3) is 0 Å². The van der Waals surface area contributed by atoms with E-state index in [9.17, 15) is 4.57 Å². The SMILES string of the molecule is CCCCCC(C)COP(=O)(OCC(C)CCCCC)c1ccccc1.